The van der Waals surface area contributed by atoms with Crippen molar-refractivity contribution in [1.29, 1.82) is 0 Å². The fourth-order valence-electron chi connectivity index (χ4n) is 1.80. The van der Waals surface area contributed by atoms with E-state index in [9.17, 15) is 4.79 Å². The zero-order chi connectivity index (χ0) is 14.7. The molecule has 0 saturated carbocycles. The highest BCUT2D eigenvalue weighted by Gasteiger charge is 2.07. The van der Waals surface area contributed by atoms with Crippen molar-refractivity contribution in [3.63, 3.8) is 0 Å². The van der Waals surface area contributed by atoms with E-state index in [0.29, 0.717) is 17.1 Å². The van der Waals surface area contributed by atoms with Crippen molar-refractivity contribution < 1.29 is 9.21 Å². The average molecular weight is 391 g/mol. The van der Waals surface area contributed by atoms with Crippen LogP contribution in [0, 0.1) is 3.57 Å². The highest BCUT2D eigenvalue weighted by atomic mass is 127. The van der Waals surface area contributed by atoms with Crippen molar-refractivity contribution in [2.45, 2.75) is 0 Å². The van der Waals surface area contributed by atoms with Gasteiger partial charge >= 0.3 is 0 Å². The Balaban J connectivity index is 1.73. The maximum absolute atomic E-state index is 12.1. The molecule has 0 bridgehead atoms. The lowest BCUT2D eigenvalue weighted by Gasteiger charge is -2.05. The first-order chi connectivity index (χ1) is 10.2. The lowest BCUT2D eigenvalue weighted by molar-refractivity contribution is 0.102. The first-order valence-electron chi connectivity index (χ1n) is 6.16. The number of carbonyl (C=O) groups is 1. The Bertz CT molecular complexity index is 738. The van der Waals surface area contributed by atoms with Crippen LogP contribution in [0.1, 0.15) is 10.4 Å². The molecule has 0 unspecified atom stereocenters. The molecule has 0 aliphatic rings. The minimum Gasteiger partial charge on any atom is -0.423 e. The van der Waals surface area contributed by atoms with Gasteiger partial charge in [0.05, 0.1) is 0 Å². The predicted molar refractivity (Wildman–Crippen MR) is 86.8 cm³/mol. The predicted octanol–water partition coefficient (Wildman–Crippen LogP) is 3.59. The summed E-state index contributed by atoms with van der Waals surface area (Å²) >= 11 is 2.20. The van der Waals surface area contributed by atoms with Crippen LogP contribution in [0.5, 0.6) is 0 Å². The quantitative estimate of drug-likeness (QED) is 0.693. The average Bonchev–Trinajstić information content (AvgIpc) is 3.03. The molecule has 6 heteroatoms. The first kappa shape index (κ1) is 13.7. The Kier molecular flexibility index (Phi) is 3.96. The summed E-state index contributed by atoms with van der Waals surface area (Å²) in [6.07, 6.45) is 1.28. The molecule has 5 nitrogen and oxygen atoms in total. The number of hydrogen-bond donors (Lipinski definition) is 1. The van der Waals surface area contributed by atoms with Gasteiger partial charge in [-0.3, -0.25) is 4.79 Å². The summed E-state index contributed by atoms with van der Waals surface area (Å²) in [5.74, 6) is 0.308. The molecule has 0 fully saturated rings. The molecule has 1 N–H and O–H groups in total. The number of nitrogens with one attached hydrogen (secondary N) is 1. The molecule has 0 aliphatic heterocycles. The summed E-state index contributed by atoms with van der Waals surface area (Å²) < 4.78 is 6.20. The van der Waals surface area contributed by atoms with Crippen LogP contribution in [-0.4, -0.2) is 16.1 Å². The summed E-state index contributed by atoms with van der Waals surface area (Å²) in [7, 11) is 0. The van der Waals surface area contributed by atoms with Crippen molar-refractivity contribution in [3.05, 3.63) is 64.1 Å². The van der Waals surface area contributed by atoms with Gasteiger partial charge in [-0.05, 0) is 71.1 Å². The fourth-order valence-corrected chi connectivity index (χ4v) is 2.16. The zero-order valence-electron chi connectivity index (χ0n) is 10.8. The minimum absolute atomic E-state index is 0.142. The van der Waals surface area contributed by atoms with Gasteiger partial charge in [0.25, 0.3) is 5.91 Å². The molecule has 1 heterocycles. The van der Waals surface area contributed by atoms with Crippen LogP contribution in [0.3, 0.4) is 0 Å². The lowest BCUT2D eigenvalue weighted by Crippen LogP contribution is -2.11. The normalized spacial score (nSPS) is 10.3. The largest absolute Gasteiger partial charge is 0.423 e. The Hall–Kier alpha value is -2.22. The Morgan fingerprint density at radius 1 is 1.05 bits per heavy atom. The van der Waals surface area contributed by atoms with Crippen molar-refractivity contribution >= 4 is 34.2 Å². The van der Waals surface area contributed by atoms with E-state index in [1.165, 1.54) is 6.39 Å². The molecule has 3 rings (SSSR count). The van der Waals surface area contributed by atoms with Crippen molar-refractivity contribution in [2.24, 2.45) is 0 Å². The molecule has 2 aromatic carbocycles. The highest BCUT2D eigenvalue weighted by molar-refractivity contribution is 14.1. The first-order valence-corrected chi connectivity index (χ1v) is 7.24. The van der Waals surface area contributed by atoms with Gasteiger partial charge in [0.1, 0.15) is 0 Å². The molecule has 21 heavy (non-hydrogen) atoms. The Morgan fingerprint density at radius 3 is 2.38 bits per heavy atom. The van der Waals surface area contributed by atoms with Crippen LogP contribution in [0.25, 0.3) is 11.5 Å². The molecule has 1 aromatic heterocycles. The van der Waals surface area contributed by atoms with Crippen LogP contribution in [-0.2, 0) is 0 Å². The van der Waals surface area contributed by atoms with Gasteiger partial charge in [-0.25, -0.2) is 0 Å². The summed E-state index contributed by atoms with van der Waals surface area (Å²) in [6.45, 7) is 0. The highest BCUT2D eigenvalue weighted by Crippen LogP contribution is 2.19. The number of benzene rings is 2. The van der Waals surface area contributed by atoms with Crippen LogP contribution >= 0.6 is 22.6 Å². The maximum atomic E-state index is 12.1. The molecule has 0 saturated heterocycles. The molecule has 3 aromatic rings. The lowest BCUT2D eigenvalue weighted by atomic mass is 10.2. The van der Waals surface area contributed by atoms with Gasteiger partial charge in [0.2, 0.25) is 12.3 Å². The standard InChI is InChI=1S/C15H10IN3O2/c16-12-5-1-10(2-6-12)14(20)18-13-7-3-11(4-8-13)15-19-17-9-21-15/h1-9H,(H,18,20). The van der Waals surface area contributed by atoms with Crippen molar-refractivity contribution in [3.8, 4) is 11.5 Å². The molecule has 1 amide bonds. The smallest absolute Gasteiger partial charge is 0.255 e. The SMILES string of the molecule is O=C(Nc1ccc(-c2nnco2)cc1)c1ccc(I)cc1. The number of aromatic nitrogens is 2. The second kappa shape index (κ2) is 6.04. The summed E-state index contributed by atoms with van der Waals surface area (Å²) in [5.41, 5.74) is 2.14. The number of anilines is 1. The molecule has 0 spiro atoms. The van der Waals surface area contributed by atoms with E-state index in [2.05, 4.69) is 38.1 Å². The van der Waals surface area contributed by atoms with Gasteiger partial charge in [-0.15, -0.1) is 10.2 Å². The molecule has 0 radical (unpaired) electrons. The van der Waals surface area contributed by atoms with E-state index in [1.807, 2.05) is 24.3 Å². The van der Waals surface area contributed by atoms with Gasteiger partial charge in [0, 0.05) is 20.4 Å². The minimum atomic E-state index is -0.142. The summed E-state index contributed by atoms with van der Waals surface area (Å²) in [4.78, 5) is 12.1. The van der Waals surface area contributed by atoms with E-state index in [4.69, 9.17) is 4.42 Å². The monoisotopic (exact) mass is 391 g/mol. The maximum Gasteiger partial charge on any atom is 0.255 e. The van der Waals surface area contributed by atoms with Crippen LogP contribution in [0.4, 0.5) is 5.69 Å². The van der Waals surface area contributed by atoms with E-state index in [0.717, 1.165) is 9.13 Å². The topological polar surface area (TPSA) is 68.0 Å². The molecule has 104 valence electrons. The number of hydrogen-bond acceptors (Lipinski definition) is 4. The second-order valence-corrected chi connectivity index (χ2v) is 5.53. The van der Waals surface area contributed by atoms with Crippen LogP contribution < -0.4 is 5.32 Å². The van der Waals surface area contributed by atoms with Crippen molar-refractivity contribution in [1.82, 2.24) is 10.2 Å². The summed E-state index contributed by atoms with van der Waals surface area (Å²) in [5, 5.41) is 10.3. The van der Waals surface area contributed by atoms with Gasteiger partial charge in [-0.2, -0.15) is 0 Å². The van der Waals surface area contributed by atoms with E-state index in [-0.39, 0.29) is 5.91 Å². The molecular formula is C15H10IN3O2. The third kappa shape index (κ3) is 3.27. The number of halogens is 1. The Morgan fingerprint density at radius 2 is 1.76 bits per heavy atom. The van der Waals surface area contributed by atoms with Gasteiger partial charge < -0.3 is 9.73 Å². The molecule has 0 aliphatic carbocycles. The van der Waals surface area contributed by atoms with Crippen LogP contribution in [0.15, 0.2) is 59.3 Å². The fraction of sp³-hybridized carbons (Fsp3) is 0. The van der Waals surface area contributed by atoms with E-state index >= 15 is 0 Å². The van der Waals surface area contributed by atoms with E-state index < -0.39 is 0 Å². The number of rotatable bonds is 3. The zero-order valence-corrected chi connectivity index (χ0v) is 12.9. The second-order valence-electron chi connectivity index (χ2n) is 4.28. The Labute approximate surface area is 134 Å². The molecule has 0 atom stereocenters. The van der Waals surface area contributed by atoms with Crippen LogP contribution in [0.2, 0.25) is 0 Å². The summed E-state index contributed by atoms with van der Waals surface area (Å²) in [6, 6.07) is 14.6. The third-order valence-corrected chi connectivity index (χ3v) is 3.58. The number of amides is 1. The molecular weight excluding hydrogens is 381 g/mol. The van der Waals surface area contributed by atoms with E-state index in [1.54, 1.807) is 24.3 Å². The van der Waals surface area contributed by atoms with Crippen molar-refractivity contribution in [2.75, 3.05) is 5.32 Å². The number of nitrogens with zero attached hydrogens (tertiary/aromatic N) is 2. The van der Waals surface area contributed by atoms with Gasteiger partial charge in [0.15, 0.2) is 0 Å². The van der Waals surface area contributed by atoms with Gasteiger partial charge in [-0.1, -0.05) is 0 Å². The third-order valence-electron chi connectivity index (χ3n) is 2.86. The number of carbonyl (C=O) groups excluding carboxylic acids is 1.